The molecule has 0 radical (unpaired) electrons. The Morgan fingerprint density at radius 2 is 1.24 bits per heavy atom. The fourth-order valence-corrected chi connectivity index (χ4v) is 13.0. The molecule has 2 aromatic carbocycles. The SMILES string of the molecule is CCCCCCC(CCCCP(=O)(CC)CC)P(=O)(OCCCC=[P+](C)[O-])OCCCP(=O)(c1ccccc1)c1ccccc1. The molecular weight excluding hydrogens is 640 g/mol. The minimum absolute atomic E-state index is 0.195. The van der Waals surface area contributed by atoms with Crippen LogP contribution >= 0.6 is 29.7 Å². The van der Waals surface area contributed by atoms with Crippen molar-refractivity contribution in [1.29, 1.82) is 0 Å². The predicted molar refractivity (Wildman–Crippen MR) is 197 cm³/mol. The summed E-state index contributed by atoms with van der Waals surface area (Å²) in [7, 11) is -9.87. The molecular formula is C35H58O6P4. The normalized spacial score (nSPS) is 14.7. The Morgan fingerprint density at radius 1 is 0.711 bits per heavy atom. The Balaban J connectivity index is 2.20. The molecule has 0 bridgehead atoms. The van der Waals surface area contributed by atoms with E-state index in [0.717, 1.165) is 74.0 Å². The van der Waals surface area contributed by atoms with Crippen LogP contribution in [0.5, 0.6) is 0 Å². The molecule has 2 aromatic rings. The molecule has 0 aromatic heterocycles. The smallest absolute Gasteiger partial charge is 0.333 e. The van der Waals surface area contributed by atoms with Crippen LogP contribution in [0.15, 0.2) is 60.7 Å². The van der Waals surface area contributed by atoms with Crippen molar-refractivity contribution in [3.05, 3.63) is 60.7 Å². The second-order valence-electron chi connectivity index (χ2n) is 12.0. The molecule has 0 saturated heterocycles. The van der Waals surface area contributed by atoms with Gasteiger partial charge in [-0.2, -0.15) is 0 Å². The molecule has 0 saturated carbocycles. The first kappa shape index (κ1) is 40.4. The zero-order valence-electron chi connectivity index (χ0n) is 28.2. The van der Waals surface area contributed by atoms with Crippen LogP contribution in [0.4, 0.5) is 0 Å². The van der Waals surface area contributed by atoms with Gasteiger partial charge in [0.1, 0.15) is 7.14 Å². The van der Waals surface area contributed by atoms with E-state index in [9.17, 15) is 18.6 Å². The van der Waals surface area contributed by atoms with Gasteiger partial charge in [0, 0.05) is 37.1 Å². The van der Waals surface area contributed by atoms with Crippen molar-refractivity contribution >= 4 is 46.1 Å². The highest BCUT2D eigenvalue weighted by Crippen LogP contribution is 2.57. The number of rotatable bonds is 25. The zero-order valence-corrected chi connectivity index (χ0v) is 31.8. The van der Waals surface area contributed by atoms with Crippen molar-refractivity contribution in [3.8, 4) is 0 Å². The number of benzene rings is 2. The molecule has 6 nitrogen and oxygen atoms in total. The second kappa shape index (κ2) is 21.9. The first-order valence-corrected chi connectivity index (χ1v) is 24.6. The van der Waals surface area contributed by atoms with E-state index in [0.29, 0.717) is 31.8 Å². The van der Waals surface area contributed by atoms with Gasteiger partial charge < -0.3 is 23.1 Å². The lowest BCUT2D eigenvalue weighted by molar-refractivity contribution is -0.151. The van der Waals surface area contributed by atoms with Gasteiger partial charge in [-0.05, 0) is 44.4 Å². The van der Waals surface area contributed by atoms with E-state index in [4.69, 9.17) is 9.05 Å². The van der Waals surface area contributed by atoms with Gasteiger partial charge in [0.2, 0.25) is 0 Å². The standard InChI is InChI=1S/C35H58O6P4/c1-5-8-9-12-26-35(27-17-20-31-43(37,6-2)7-3)45(39,40-28-18-19-30-42(4)36)41-29-21-32-44(38,33-22-13-10-14-23-33)34-24-15-11-16-25-34/h10-11,13-16,22-25,30,35H,5-9,12,17-21,26-29,31-32H2,1-4H3. The summed E-state index contributed by atoms with van der Waals surface area (Å²) in [6.45, 7) is 8.35. The predicted octanol–water partition coefficient (Wildman–Crippen LogP) is 9.50. The van der Waals surface area contributed by atoms with Gasteiger partial charge in [-0.1, -0.05) is 114 Å². The fraction of sp³-hybridized carbons (Fsp3) is 0.629. The lowest BCUT2D eigenvalue weighted by atomic mass is 10.1. The van der Waals surface area contributed by atoms with E-state index in [1.54, 1.807) is 12.5 Å². The quantitative estimate of drug-likeness (QED) is 0.0758. The van der Waals surface area contributed by atoms with Crippen LogP contribution in [0, 0.1) is 0 Å². The highest BCUT2D eigenvalue weighted by molar-refractivity contribution is 7.78. The van der Waals surface area contributed by atoms with E-state index < -0.39 is 29.7 Å². The topological polar surface area (TPSA) is 92.7 Å². The Morgan fingerprint density at radius 3 is 1.76 bits per heavy atom. The highest BCUT2D eigenvalue weighted by atomic mass is 31.2. The Kier molecular flexibility index (Phi) is 19.7. The maximum Gasteiger partial charge on any atom is 0.333 e. The Hall–Kier alpha value is -0.820. The lowest BCUT2D eigenvalue weighted by Crippen LogP contribution is -2.20. The van der Waals surface area contributed by atoms with E-state index in [1.807, 2.05) is 74.5 Å². The van der Waals surface area contributed by atoms with Gasteiger partial charge >= 0.3 is 7.60 Å². The summed E-state index contributed by atoms with van der Waals surface area (Å²) in [6.07, 6.45) is 11.8. The lowest BCUT2D eigenvalue weighted by Gasteiger charge is -2.28. The molecule has 0 aliphatic rings. The summed E-state index contributed by atoms with van der Waals surface area (Å²) in [5.41, 5.74) is -0.237. The fourth-order valence-electron chi connectivity index (χ4n) is 5.61. The van der Waals surface area contributed by atoms with Crippen molar-refractivity contribution in [3.63, 3.8) is 0 Å². The number of unbranched alkanes of at least 4 members (excludes halogenated alkanes) is 5. The first-order chi connectivity index (χ1) is 21.6. The van der Waals surface area contributed by atoms with E-state index in [1.165, 1.54) is 0 Å². The monoisotopic (exact) mass is 698 g/mol. The van der Waals surface area contributed by atoms with Crippen molar-refractivity contribution in [2.45, 2.75) is 97.1 Å². The van der Waals surface area contributed by atoms with Crippen LogP contribution in [-0.2, 0) is 22.7 Å². The summed E-state index contributed by atoms with van der Waals surface area (Å²) in [5, 5.41) is 1.62. The molecule has 0 aliphatic heterocycles. The molecule has 254 valence electrons. The van der Waals surface area contributed by atoms with Crippen molar-refractivity contribution < 1.29 is 27.6 Å². The minimum Gasteiger partial charge on any atom is -0.631 e. The average molecular weight is 699 g/mol. The molecule has 0 spiro atoms. The van der Waals surface area contributed by atoms with Crippen molar-refractivity contribution in [2.75, 3.05) is 44.5 Å². The summed E-state index contributed by atoms with van der Waals surface area (Å²) in [6, 6.07) is 19.2. The van der Waals surface area contributed by atoms with Crippen LogP contribution in [0.2, 0.25) is 0 Å². The molecule has 2 rings (SSSR count). The third-order valence-electron chi connectivity index (χ3n) is 8.58. The van der Waals surface area contributed by atoms with Gasteiger partial charge in [-0.3, -0.25) is 4.57 Å². The zero-order chi connectivity index (χ0) is 33.0. The molecule has 0 N–H and O–H groups in total. The van der Waals surface area contributed by atoms with Crippen molar-refractivity contribution in [1.82, 2.24) is 0 Å². The molecule has 0 amide bonds. The van der Waals surface area contributed by atoms with E-state index in [-0.39, 0.29) is 18.9 Å². The van der Waals surface area contributed by atoms with Gasteiger partial charge in [0.25, 0.3) is 0 Å². The van der Waals surface area contributed by atoms with E-state index >= 15 is 0 Å². The second-order valence-corrected chi connectivity index (χ2v) is 22.6. The maximum atomic E-state index is 14.6. The molecule has 0 fully saturated rings. The number of hydrogen-bond acceptors (Lipinski definition) is 6. The Labute approximate surface area is 275 Å². The van der Waals surface area contributed by atoms with Gasteiger partial charge in [-0.15, -0.1) is 0 Å². The molecule has 3 unspecified atom stereocenters. The minimum atomic E-state index is -3.51. The van der Waals surface area contributed by atoms with Crippen LogP contribution in [-0.4, -0.2) is 56.0 Å². The largest absolute Gasteiger partial charge is 0.631 e. The summed E-state index contributed by atoms with van der Waals surface area (Å²) in [5.74, 6) is 1.77. The molecule has 10 heteroatoms. The van der Waals surface area contributed by atoms with Crippen LogP contribution in [0.1, 0.15) is 91.4 Å². The number of hydrogen-bond donors (Lipinski definition) is 0. The van der Waals surface area contributed by atoms with E-state index in [2.05, 4.69) is 6.92 Å². The van der Waals surface area contributed by atoms with Gasteiger partial charge in [0.05, 0.1) is 38.5 Å². The van der Waals surface area contributed by atoms with Crippen LogP contribution in [0.25, 0.3) is 0 Å². The first-order valence-electron chi connectivity index (χ1n) is 17.0. The third kappa shape index (κ3) is 14.5. The van der Waals surface area contributed by atoms with Gasteiger partial charge in [-0.25, -0.2) is 0 Å². The molecule has 3 atom stereocenters. The third-order valence-corrected chi connectivity index (χ3v) is 18.5. The average Bonchev–Trinajstić information content (AvgIpc) is 3.06. The molecule has 0 aliphatic carbocycles. The molecule has 0 heterocycles. The molecule has 45 heavy (non-hydrogen) atoms. The summed E-state index contributed by atoms with van der Waals surface area (Å²) < 4.78 is 54.5. The van der Waals surface area contributed by atoms with Crippen LogP contribution in [0.3, 0.4) is 0 Å². The van der Waals surface area contributed by atoms with Gasteiger partial charge in [0.15, 0.2) is 0 Å². The van der Waals surface area contributed by atoms with Crippen LogP contribution < -0.4 is 15.5 Å². The highest BCUT2D eigenvalue weighted by Gasteiger charge is 2.36. The summed E-state index contributed by atoms with van der Waals surface area (Å²) >= 11 is 0. The van der Waals surface area contributed by atoms with Crippen molar-refractivity contribution in [2.24, 2.45) is 0 Å². The Bertz CT molecular complexity index is 1200. The summed E-state index contributed by atoms with van der Waals surface area (Å²) in [4.78, 5) is 11.5. The maximum absolute atomic E-state index is 14.6.